The molecular formula is C17H24ClNO. The van der Waals surface area contributed by atoms with Gasteiger partial charge >= 0.3 is 0 Å². The highest BCUT2D eigenvalue weighted by Gasteiger charge is 2.21. The maximum absolute atomic E-state index is 12.1. The first-order valence-corrected chi connectivity index (χ1v) is 7.95. The van der Waals surface area contributed by atoms with Crippen molar-refractivity contribution in [3.05, 3.63) is 34.9 Å². The van der Waals surface area contributed by atoms with Gasteiger partial charge in [0.05, 0.1) is 0 Å². The Bertz CT molecular complexity index is 450. The van der Waals surface area contributed by atoms with Gasteiger partial charge in [-0.2, -0.15) is 0 Å². The summed E-state index contributed by atoms with van der Waals surface area (Å²) in [6.45, 7) is 7.75. The van der Waals surface area contributed by atoms with Crippen LogP contribution in [0.3, 0.4) is 0 Å². The molecule has 3 heteroatoms. The number of nitrogens with zero attached hydrogens (tertiary/aromatic N) is 1. The molecule has 0 amide bonds. The first-order valence-electron chi connectivity index (χ1n) is 7.57. The Morgan fingerprint density at radius 2 is 2.05 bits per heavy atom. The molecule has 0 spiro atoms. The number of likely N-dealkylation sites (tertiary alicyclic amines) is 1. The Labute approximate surface area is 127 Å². The lowest BCUT2D eigenvalue weighted by Gasteiger charge is -2.33. The summed E-state index contributed by atoms with van der Waals surface area (Å²) in [6.07, 6.45) is 3.12. The number of hydrogen-bond acceptors (Lipinski definition) is 2. The van der Waals surface area contributed by atoms with Crippen molar-refractivity contribution in [2.75, 3.05) is 19.6 Å². The highest BCUT2D eigenvalue weighted by Crippen LogP contribution is 2.24. The van der Waals surface area contributed by atoms with Crippen LogP contribution in [0, 0.1) is 11.8 Å². The van der Waals surface area contributed by atoms with Gasteiger partial charge in [0.2, 0.25) is 0 Å². The van der Waals surface area contributed by atoms with E-state index in [-0.39, 0.29) is 5.78 Å². The van der Waals surface area contributed by atoms with Crippen molar-refractivity contribution in [1.82, 2.24) is 4.90 Å². The zero-order valence-corrected chi connectivity index (χ0v) is 13.2. The number of Topliss-reactive ketones (excluding diaryl/α,β-unsaturated/α-hetero) is 1. The van der Waals surface area contributed by atoms with Gasteiger partial charge in [-0.3, -0.25) is 4.79 Å². The minimum absolute atomic E-state index is 0.193. The molecule has 1 aromatic rings. The fraction of sp³-hybridized carbons (Fsp3) is 0.588. The van der Waals surface area contributed by atoms with Gasteiger partial charge in [0, 0.05) is 23.6 Å². The number of piperidine rings is 1. The molecule has 1 heterocycles. The maximum Gasteiger partial charge on any atom is 0.164 e. The highest BCUT2D eigenvalue weighted by atomic mass is 35.5. The summed E-state index contributed by atoms with van der Waals surface area (Å²) in [5, 5.41) is 0.633. The molecule has 0 N–H and O–H groups in total. The smallest absolute Gasteiger partial charge is 0.164 e. The third kappa shape index (κ3) is 4.32. The standard InChI is InChI=1S/C17H24ClNO/c1-13(2)14-6-9-19(10-7-14)11-8-17(20)15-4-3-5-16(18)12-15/h3-5,12-14H,6-11H2,1-2H3. The normalized spacial score (nSPS) is 17.6. The van der Waals surface area contributed by atoms with Crippen molar-refractivity contribution < 1.29 is 4.79 Å². The summed E-state index contributed by atoms with van der Waals surface area (Å²) >= 11 is 5.92. The summed E-state index contributed by atoms with van der Waals surface area (Å²) in [6, 6.07) is 7.24. The van der Waals surface area contributed by atoms with Crippen molar-refractivity contribution in [2.24, 2.45) is 11.8 Å². The number of hydrogen-bond donors (Lipinski definition) is 0. The predicted octanol–water partition coefficient (Wildman–Crippen LogP) is 4.28. The SMILES string of the molecule is CC(C)C1CCN(CCC(=O)c2cccc(Cl)c2)CC1. The first kappa shape index (κ1) is 15.5. The van der Waals surface area contributed by atoms with E-state index in [0.29, 0.717) is 11.4 Å². The van der Waals surface area contributed by atoms with Gasteiger partial charge in [-0.1, -0.05) is 37.6 Å². The lowest BCUT2D eigenvalue weighted by Crippen LogP contribution is -2.36. The molecule has 1 fully saturated rings. The summed E-state index contributed by atoms with van der Waals surface area (Å²) in [5.41, 5.74) is 0.731. The van der Waals surface area contributed by atoms with Gasteiger partial charge in [-0.05, 0) is 49.9 Å². The molecule has 0 atom stereocenters. The molecule has 0 aromatic heterocycles. The monoisotopic (exact) mass is 293 g/mol. The van der Waals surface area contributed by atoms with E-state index in [1.807, 2.05) is 12.1 Å². The molecule has 20 heavy (non-hydrogen) atoms. The van der Waals surface area contributed by atoms with E-state index >= 15 is 0 Å². The van der Waals surface area contributed by atoms with Crippen molar-refractivity contribution in [3.63, 3.8) is 0 Å². The third-order valence-corrected chi connectivity index (χ3v) is 4.61. The van der Waals surface area contributed by atoms with Crippen molar-refractivity contribution in [2.45, 2.75) is 33.1 Å². The average Bonchev–Trinajstić information content (AvgIpc) is 2.45. The summed E-state index contributed by atoms with van der Waals surface area (Å²) in [4.78, 5) is 14.5. The molecule has 0 unspecified atom stereocenters. The summed E-state index contributed by atoms with van der Waals surface area (Å²) in [5.74, 6) is 1.83. The zero-order valence-electron chi connectivity index (χ0n) is 12.4. The highest BCUT2D eigenvalue weighted by molar-refractivity contribution is 6.31. The van der Waals surface area contributed by atoms with Crippen molar-refractivity contribution in [3.8, 4) is 0 Å². The van der Waals surface area contributed by atoms with Crippen LogP contribution in [0.1, 0.15) is 43.5 Å². The van der Waals surface area contributed by atoms with Gasteiger partial charge in [-0.25, -0.2) is 0 Å². The van der Waals surface area contributed by atoms with E-state index in [2.05, 4.69) is 18.7 Å². The van der Waals surface area contributed by atoms with Crippen LogP contribution in [-0.2, 0) is 0 Å². The molecule has 1 aliphatic heterocycles. The van der Waals surface area contributed by atoms with E-state index in [9.17, 15) is 4.79 Å². The average molecular weight is 294 g/mol. The molecule has 2 rings (SSSR count). The number of halogens is 1. The van der Waals surface area contributed by atoms with E-state index in [4.69, 9.17) is 11.6 Å². The quantitative estimate of drug-likeness (QED) is 0.755. The van der Waals surface area contributed by atoms with Crippen LogP contribution in [0.5, 0.6) is 0 Å². The van der Waals surface area contributed by atoms with Gasteiger partial charge in [-0.15, -0.1) is 0 Å². The van der Waals surface area contributed by atoms with Crippen LogP contribution in [0.15, 0.2) is 24.3 Å². The van der Waals surface area contributed by atoms with E-state index in [1.54, 1.807) is 12.1 Å². The molecule has 0 radical (unpaired) electrons. The molecule has 110 valence electrons. The molecule has 0 saturated carbocycles. The Morgan fingerprint density at radius 1 is 1.35 bits per heavy atom. The van der Waals surface area contributed by atoms with Crippen LogP contribution in [0.2, 0.25) is 5.02 Å². The van der Waals surface area contributed by atoms with E-state index < -0.39 is 0 Å². The maximum atomic E-state index is 12.1. The molecule has 1 saturated heterocycles. The fourth-order valence-corrected chi connectivity index (χ4v) is 3.10. The number of benzene rings is 1. The minimum Gasteiger partial charge on any atom is -0.303 e. The van der Waals surface area contributed by atoms with Gasteiger partial charge in [0.15, 0.2) is 5.78 Å². The molecular weight excluding hydrogens is 270 g/mol. The minimum atomic E-state index is 0.193. The molecule has 1 aromatic carbocycles. The predicted molar refractivity (Wildman–Crippen MR) is 84.4 cm³/mol. The van der Waals surface area contributed by atoms with Gasteiger partial charge in [0.1, 0.15) is 0 Å². The Morgan fingerprint density at radius 3 is 2.65 bits per heavy atom. The second-order valence-electron chi connectivity index (χ2n) is 6.11. The van der Waals surface area contributed by atoms with Crippen LogP contribution in [0.25, 0.3) is 0 Å². The molecule has 0 aliphatic carbocycles. The second-order valence-corrected chi connectivity index (χ2v) is 6.54. The van der Waals surface area contributed by atoms with Crippen molar-refractivity contribution >= 4 is 17.4 Å². The zero-order chi connectivity index (χ0) is 14.5. The fourth-order valence-electron chi connectivity index (χ4n) is 2.91. The van der Waals surface area contributed by atoms with E-state index in [1.165, 1.54) is 12.8 Å². The second kappa shape index (κ2) is 7.24. The first-order chi connectivity index (χ1) is 9.56. The number of ketones is 1. The third-order valence-electron chi connectivity index (χ3n) is 4.38. The van der Waals surface area contributed by atoms with Crippen molar-refractivity contribution in [1.29, 1.82) is 0 Å². The van der Waals surface area contributed by atoms with Crippen LogP contribution < -0.4 is 0 Å². The number of carbonyl (C=O) groups excluding carboxylic acids is 1. The molecule has 0 bridgehead atoms. The Kier molecular flexibility index (Phi) is 5.62. The van der Waals surface area contributed by atoms with Crippen LogP contribution >= 0.6 is 11.6 Å². The van der Waals surface area contributed by atoms with E-state index in [0.717, 1.165) is 37.0 Å². The Balaban J connectivity index is 1.77. The molecule has 2 nitrogen and oxygen atoms in total. The lowest BCUT2D eigenvalue weighted by atomic mass is 9.86. The summed E-state index contributed by atoms with van der Waals surface area (Å²) in [7, 11) is 0. The Hall–Kier alpha value is -0.860. The van der Waals surface area contributed by atoms with Crippen LogP contribution in [0.4, 0.5) is 0 Å². The topological polar surface area (TPSA) is 20.3 Å². The molecule has 1 aliphatic rings. The number of rotatable bonds is 5. The summed E-state index contributed by atoms with van der Waals surface area (Å²) < 4.78 is 0. The van der Waals surface area contributed by atoms with Gasteiger partial charge in [0.25, 0.3) is 0 Å². The largest absolute Gasteiger partial charge is 0.303 e. The lowest BCUT2D eigenvalue weighted by molar-refractivity contribution is 0.0943. The van der Waals surface area contributed by atoms with Gasteiger partial charge < -0.3 is 4.90 Å². The number of carbonyl (C=O) groups is 1. The van der Waals surface area contributed by atoms with Crippen LogP contribution in [-0.4, -0.2) is 30.3 Å².